The number of rotatable bonds is 2. The highest BCUT2D eigenvalue weighted by molar-refractivity contribution is 14.1. The number of aldehydes is 1. The van der Waals surface area contributed by atoms with Gasteiger partial charge in [0.25, 0.3) is 0 Å². The van der Waals surface area contributed by atoms with E-state index in [9.17, 15) is 4.79 Å². The summed E-state index contributed by atoms with van der Waals surface area (Å²) in [6.07, 6.45) is 2.61. The lowest BCUT2D eigenvalue weighted by Gasteiger charge is -2.10. The van der Waals surface area contributed by atoms with Crippen molar-refractivity contribution < 1.29 is 9.53 Å². The Hall–Kier alpha value is -0.420. The van der Waals surface area contributed by atoms with E-state index in [4.69, 9.17) is 4.74 Å². The number of carbonyl (C=O) groups excluding carboxylic acids is 1. The Balaban J connectivity index is 2.09. The Kier molecular flexibility index (Phi) is 3.18. The van der Waals surface area contributed by atoms with Crippen molar-refractivity contribution in [2.24, 2.45) is 0 Å². The molecule has 1 heterocycles. The minimum absolute atomic E-state index is 0.113. The highest BCUT2D eigenvalue weighted by atomic mass is 127. The Morgan fingerprint density at radius 3 is 2.57 bits per heavy atom. The second-order valence-electron chi connectivity index (χ2n) is 3.43. The van der Waals surface area contributed by atoms with Crippen LogP contribution in [0.2, 0.25) is 0 Å². The van der Waals surface area contributed by atoms with E-state index in [-0.39, 0.29) is 12.2 Å². The molecule has 0 bridgehead atoms. The largest absolute Gasteiger partial charge is 0.363 e. The lowest BCUT2D eigenvalue weighted by Crippen LogP contribution is -2.07. The summed E-state index contributed by atoms with van der Waals surface area (Å²) >= 11 is 2.27. The summed E-state index contributed by atoms with van der Waals surface area (Å²) < 4.78 is 6.78. The molecular formula is C11H11IO2. The van der Waals surface area contributed by atoms with Crippen molar-refractivity contribution in [2.75, 3.05) is 0 Å². The van der Waals surface area contributed by atoms with Crippen LogP contribution < -0.4 is 0 Å². The van der Waals surface area contributed by atoms with E-state index in [0.717, 1.165) is 19.1 Å². The van der Waals surface area contributed by atoms with E-state index in [1.165, 1.54) is 9.13 Å². The summed E-state index contributed by atoms with van der Waals surface area (Å²) in [6, 6.07) is 8.26. The minimum atomic E-state index is -0.195. The molecular weight excluding hydrogens is 291 g/mol. The molecule has 0 aromatic heterocycles. The average molecular weight is 302 g/mol. The first-order valence-corrected chi connectivity index (χ1v) is 5.73. The van der Waals surface area contributed by atoms with Gasteiger partial charge in [0.1, 0.15) is 12.4 Å². The summed E-state index contributed by atoms with van der Waals surface area (Å²) in [5.74, 6) is 0. The summed E-state index contributed by atoms with van der Waals surface area (Å²) in [4.78, 5) is 10.5. The van der Waals surface area contributed by atoms with E-state index in [2.05, 4.69) is 46.9 Å². The first-order chi connectivity index (χ1) is 6.79. The predicted molar refractivity (Wildman–Crippen MR) is 62.1 cm³/mol. The van der Waals surface area contributed by atoms with Crippen molar-refractivity contribution >= 4 is 28.9 Å². The van der Waals surface area contributed by atoms with Crippen LogP contribution in [0.3, 0.4) is 0 Å². The summed E-state index contributed by atoms with van der Waals surface area (Å²) in [5.41, 5.74) is 1.18. The third kappa shape index (κ3) is 2.15. The van der Waals surface area contributed by atoms with Crippen molar-refractivity contribution in [1.29, 1.82) is 0 Å². The lowest BCUT2D eigenvalue weighted by molar-refractivity contribution is -0.117. The Bertz CT molecular complexity index is 321. The molecule has 1 saturated heterocycles. The van der Waals surface area contributed by atoms with Crippen molar-refractivity contribution in [3.8, 4) is 0 Å². The summed E-state index contributed by atoms with van der Waals surface area (Å²) in [6.45, 7) is 0. The molecule has 2 atom stereocenters. The first-order valence-electron chi connectivity index (χ1n) is 4.66. The van der Waals surface area contributed by atoms with Gasteiger partial charge in [-0.25, -0.2) is 0 Å². The highest BCUT2D eigenvalue weighted by Crippen LogP contribution is 2.31. The number of benzene rings is 1. The Morgan fingerprint density at radius 2 is 2.00 bits per heavy atom. The fourth-order valence-corrected chi connectivity index (χ4v) is 2.05. The molecule has 0 radical (unpaired) electrons. The molecule has 2 nitrogen and oxygen atoms in total. The normalized spacial score (nSPS) is 26.4. The summed E-state index contributed by atoms with van der Waals surface area (Å²) in [5, 5.41) is 0. The monoisotopic (exact) mass is 302 g/mol. The number of carbonyl (C=O) groups is 1. The number of halogens is 1. The van der Waals surface area contributed by atoms with Gasteiger partial charge in [0.15, 0.2) is 0 Å². The highest BCUT2D eigenvalue weighted by Gasteiger charge is 2.25. The standard InChI is InChI=1S/C11H11IO2/c12-9-3-1-8(2-4-9)11-6-5-10(7-13)14-11/h1-4,7,10-11H,5-6H2. The smallest absolute Gasteiger partial charge is 0.148 e. The van der Waals surface area contributed by atoms with Crippen molar-refractivity contribution in [2.45, 2.75) is 25.0 Å². The molecule has 2 rings (SSSR count). The van der Waals surface area contributed by atoms with Crippen LogP contribution in [-0.4, -0.2) is 12.4 Å². The molecule has 0 aliphatic carbocycles. The van der Waals surface area contributed by atoms with Crippen LogP contribution in [0.4, 0.5) is 0 Å². The molecule has 0 N–H and O–H groups in total. The topological polar surface area (TPSA) is 26.3 Å². The van der Waals surface area contributed by atoms with Gasteiger partial charge in [-0.3, -0.25) is 0 Å². The van der Waals surface area contributed by atoms with E-state index in [1.54, 1.807) is 0 Å². The van der Waals surface area contributed by atoms with Gasteiger partial charge < -0.3 is 9.53 Å². The maximum absolute atomic E-state index is 10.5. The van der Waals surface area contributed by atoms with Gasteiger partial charge in [-0.15, -0.1) is 0 Å². The predicted octanol–water partition coefficient (Wildman–Crippen LogP) is 2.71. The van der Waals surface area contributed by atoms with E-state index in [0.29, 0.717) is 0 Å². The zero-order chi connectivity index (χ0) is 9.97. The molecule has 1 aromatic rings. The number of hydrogen-bond donors (Lipinski definition) is 0. The van der Waals surface area contributed by atoms with E-state index >= 15 is 0 Å². The zero-order valence-corrected chi connectivity index (χ0v) is 9.81. The minimum Gasteiger partial charge on any atom is -0.363 e. The van der Waals surface area contributed by atoms with Crippen LogP contribution in [0.1, 0.15) is 24.5 Å². The average Bonchev–Trinajstić information content (AvgIpc) is 2.67. The van der Waals surface area contributed by atoms with Gasteiger partial charge in [-0.2, -0.15) is 0 Å². The van der Waals surface area contributed by atoms with Crippen LogP contribution in [0.15, 0.2) is 24.3 Å². The second kappa shape index (κ2) is 4.40. The van der Waals surface area contributed by atoms with Crippen LogP contribution in [0.5, 0.6) is 0 Å². The fraction of sp³-hybridized carbons (Fsp3) is 0.364. The van der Waals surface area contributed by atoms with Gasteiger partial charge in [0.2, 0.25) is 0 Å². The first kappa shape index (κ1) is 10.1. The van der Waals surface area contributed by atoms with Gasteiger partial charge in [0.05, 0.1) is 6.10 Å². The van der Waals surface area contributed by atoms with Crippen LogP contribution in [0, 0.1) is 3.57 Å². The molecule has 0 saturated carbocycles. The number of ether oxygens (including phenoxy) is 1. The molecule has 14 heavy (non-hydrogen) atoms. The molecule has 2 unspecified atom stereocenters. The quantitative estimate of drug-likeness (QED) is 0.620. The molecule has 74 valence electrons. The molecule has 1 aromatic carbocycles. The van der Waals surface area contributed by atoms with Gasteiger partial charge in [0, 0.05) is 3.57 Å². The van der Waals surface area contributed by atoms with Crippen LogP contribution in [0.25, 0.3) is 0 Å². The third-order valence-corrected chi connectivity index (χ3v) is 3.17. The second-order valence-corrected chi connectivity index (χ2v) is 4.67. The summed E-state index contributed by atoms with van der Waals surface area (Å²) in [7, 11) is 0. The van der Waals surface area contributed by atoms with Gasteiger partial charge in [-0.1, -0.05) is 12.1 Å². The van der Waals surface area contributed by atoms with Crippen molar-refractivity contribution in [1.82, 2.24) is 0 Å². The van der Waals surface area contributed by atoms with E-state index < -0.39 is 0 Å². The van der Waals surface area contributed by atoms with E-state index in [1.807, 2.05) is 0 Å². The lowest BCUT2D eigenvalue weighted by atomic mass is 10.1. The van der Waals surface area contributed by atoms with Crippen molar-refractivity contribution in [3.63, 3.8) is 0 Å². The zero-order valence-electron chi connectivity index (χ0n) is 7.65. The molecule has 1 aliphatic heterocycles. The van der Waals surface area contributed by atoms with Crippen LogP contribution >= 0.6 is 22.6 Å². The van der Waals surface area contributed by atoms with Gasteiger partial charge >= 0.3 is 0 Å². The maximum Gasteiger partial charge on any atom is 0.148 e. The SMILES string of the molecule is O=CC1CCC(c2ccc(I)cc2)O1. The maximum atomic E-state index is 10.5. The Morgan fingerprint density at radius 1 is 1.29 bits per heavy atom. The van der Waals surface area contributed by atoms with Gasteiger partial charge in [-0.05, 0) is 53.1 Å². The molecule has 0 amide bonds. The van der Waals surface area contributed by atoms with Crippen molar-refractivity contribution in [3.05, 3.63) is 33.4 Å². The third-order valence-electron chi connectivity index (χ3n) is 2.45. The number of hydrogen-bond acceptors (Lipinski definition) is 2. The fourth-order valence-electron chi connectivity index (χ4n) is 1.69. The molecule has 1 aliphatic rings. The Labute approximate surface area is 96.8 Å². The van der Waals surface area contributed by atoms with Crippen LogP contribution in [-0.2, 0) is 9.53 Å². The molecule has 1 fully saturated rings. The molecule has 0 spiro atoms. The molecule has 3 heteroatoms.